The van der Waals surface area contributed by atoms with E-state index in [-0.39, 0.29) is 11.6 Å². The van der Waals surface area contributed by atoms with Gasteiger partial charge >= 0.3 is 0 Å². The number of rotatable bonds is 4. The lowest BCUT2D eigenvalue weighted by atomic mass is 10.1. The molecule has 4 aromatic rings. The molecule has 182 valence electrons. The van der Waals surface area contributed by atoms with E-state index in [4.69, 9.17) is 9.97 Å². The predicted molar refractivity (Wildman–Crippen MR) is 136 cm³/mol. The molecule has 0 aliphatic carbocycles. The van der Waals surface area contributed by atoms with E-state index in [1.807, 2.05) is 25.1 Å². The number of halogens is 1. The minimum absolute atomic E-state index is 0.219. The highest BCUT2D eigenvalue weighted by atomic mass is 19.1. The fraction of sp³-hybridized carbons (Fsp3) is 0.360. The molecule has 1 aliphatic heterocycles. The molecule has 3 aromatic heterocycles. The summed E-state index contributed by atoms with van der Waals surface area (Å²) in [6.45, 7) is 7.75. The molecule has 0 unspecified atom stereocenters. The summed E-state index contributed by atoms with van der Waals surface area (Å²) >= 11 is 0. The van der Waals surface area contributed by atoms with Crippen molar-refractivity contribution in [1.82, 2.24) is 24.7 Å². The van der Waals surface area contributed by atoms with Gasteiger partial charge < -0.3 is 24.8 Å². The monoisotopic (exact) mass is 476 g/mol. The van der Waals surface area contributed by atoms with Crippen molar-refractivity contribution in [3.8, 4) is 0 Å². The minimum Gasteiger partial charge on any atom is -0.367 e. The number of amides is 1. The van der Waals surface area contributed by atoms with Gasteiger partial charge in [-0.25, -0.2) is 19.3 Å². The van der Waals surface area contributed by atoms with Crippen molar-refractivity contribution >= 4 is 39.8 Å². The number of piperazine rings is 1. The van der Waals surface area contributed by atoms with E-state index >= 15 is 0 Å². The van der Waals surface area contributed by atoms with Gasteiger partial charge in [-0.1, -0.05) is 0 Å². The summed E-state index contributed by atoms with van der Waals surface area (Å²) in [6, 6.07) is 5.62. The van der Waals surface area contributed by atoms with Crippen LogP contribution in [0.25, 0.3) is 16.7 Å². The third kappa shape index (κ3) is 4.37. The van der Waals surface area contributed by atoms with Gasteiger partial charge in [-0.15, -0.1) is 0 Å². The Balaban J connectivity index is 1.56. The summed E-state index contributed by atoms with van der Waals surface area (Å²) in [5, 5.41) is 6.36. The van der Waals surface area contributed by atoms with Crippen LogP contribution >= 0.6 is 0 Å². The molecule has 9 nitrogen and oxygen atoms in total. The maximum Gasteiger partial charge on any atom is 0.257 e. The fourth-order valence-electron chi connectivity index (χ4n) is 4.70. The maximum absolute atomic E-state index is 14.6. The fourth-order valence-corrected chi connectivity index (χ4v) is 4.70. The molecule has 0 saturated carbocycles. The highest BCUT2D eigenvalue weighted by Crippen LogP contribution is 2.30. The molecular weight excluding hydrogens is 447 g/mol. The number of aryl methyl sites for hydroxylation is 1. The summed E-state index contributed by atoms with van der Waals surface area (Å²) < 4.78 is 16.1. The summed E-state index contributed by atoms with van der Waals surface area (Å²) in [5.74, 6) is -0.246. The first kappa shape index (κ1) is 23.0. The van der Waals surface area contributed by atoms with Crippen molar-refractivity contribution < 1.29 is 9.18 Å². The molecule has 0 radical (unpaired) electrons. The number of aromatic nitrogens is 4. The Kier molecular flexibility index (Phi) is 5.76. The standard InChI is InChI=1S/C25H29FN8O/c1-14-10-33(11-15(2)28-14)20-7-6-18(22-23(20)27-9-21(31-22)32(4)5)25(35)30-17-8-19(26)24-29-16(3)12-34(24)13-17/h6-9,12-15,28H,10-11H2,1-5H3,(H,30,35)/t14-,15-/m0/s1. The zero-order chi connectivity index (χ0) is 24.9. The summed E-state index contributed by atoms with van der Waals surface area (Å²) in [7, 11) is 3.76. The Labute approximate surface area is 203 Å². The van der Waals surface area contributed by atoms with Crippen LogP contribution in [0.3, 0.4) is 0 Å². The lowest BCUT2D eigenvalue weighted by Crippen LogP contribution is -2.54. The molecular formula is C25H29FN8O. The number of pyridine rings is 1. The molecule has 2 N–H and O–H groups in total. The zero-order valence-corrected chi connectivity index (χ0v) is 20.5. The van der Waals surface area contributed by atoms with Gasteiger partial charge in [0.25, 0.3) is 5.91 Å². The number of carbonyl (C=O) groups excluding carboxylic acids is 1. The molecule has 4 heterocycles. The smallest absolute Gasteiger partial charge is 0.257 e. The molecule has 1 aromatic carbocycles. The normalized spacial score (nSPS) is 18.3. The number of imidazole rings is 1. The second kappa shape index (κ2) is 8.77. The quantitative estimate of drug-likeness (QED) is 0.467. The lowest BCUT2D eigenvalue weighted by molar-refractivity contribution is 0.102. The van der Waals surface area contributed by atoms with Gasteiger partial charge in [-0.05, 0) is 32.9 Å². The first-order valence-electron chi connectivity index (χ1n) is 11.6. The van der Waals surface area contributed by atoms with Gasteiger partial charge in [0.05, 0.1) is 28.8 Å². The van der Waals surface area contributed by atoms with Crippen LogP contribution < -0.4 is 20.4 Å². The molecule has 1 fully saturated rings. The largest absolute Gasteiger partial charge is 0.367 e. The Morgan fingerprint density at radius 1 is 1.14 bits per heavy atom. The summed E-state index contributed by atoms with van der Waals surface area (Å²) in [6.07, 6.45) is 5.07. The Morgan fingerprint density at radius 2 is 1.89 bits per heavy atom. The highest BCUT2D eigenvalue weighted by molar-refractivity contribution is 6.13. The molecule has 1 aliphatic rings. The molecule has 0 bridgehead atoms. The zero-order valence-electron chi connectivity index (χ0n) is 20.5. The number of carbonyl (C=O) groups is 1. The van der Waals surface area contributed by atoms with Gasteiger partial charge in [0.15, 0.2) is 11.5 Å². The molecule has 0 spiro atoms. The van der Waals surface area contributed by atoms with Crippen LogP contribution in [0.4, 0.5) is 21.6 Å². The topological polar surface area (TPSA) is 90.7 Å². The predicted octanol–water partition coefficient (Wildman–Crippen LogP) is 3.23. The number of fused-ring (bicyclic) bond motifs is 2. The first-order chi connectivity index (χ1) is 16.7. The molecule has 5 rings (SSSR count). The number of nitrogens with zero attached hydrogens (tertiary/aromatic N) is 6. The number of benzene rings is 1. The molecule has 2 atom stereocenters. The van der Waals surface area contributed by atoms with E-state index in [1.165, 1.54) is 6.07 Å². The van der Waals surface area contributed by atoms with Crippen LogP contribution in [0, 0.1) is 12.7 Å². The van der Waals surface area contributed by atoms with Crippen molar-refractivity contribution in [3.63, 3.8) is 0 Å². The van der Waals surface area contributed by atoms with Crippen LogP contribution in [0.15, 0.2) is 36.8 Å². The maximum atomic E-state index is 14.6. The Bertz CT molecular complexity index is 1420. The van der Waals surface area contributed by atoms with Crippen molar-refractivity contribution in [2.45, 2.75) is 32.9 Å². The molecule has 1 amide bonds. The number of nitrogens with one attached hydrogen (secondary N) is 2. The van der Waals surface area contributed by atoms with Crippen LogP contribution in [0.1, 0.15) is 29.9 Å². The average molecular weight is 477 g/mol. The van der Waals surface area contributed by atoms with Crippen molar-refractivity contribution in [2.24, 2.45) is 0 Å². The highest BCUT2D eigenvalue weighted by Gasteiger charge is 2.25. The summed E-state index contributed by atoms with van der Waals surface area (Å²) in [4.78, 5) is 31.2. The van der Waals surface area contributed by atoms with Gasteiger partial charge in [-0.3, -0.25) is 4.79 Å². The Morgan fingerprint density at radius 3 is 2.60 bits per heavy atom. The third-order valence-electron chi connectivity index (χ3n) is 6.15. The molecule has 35 heavy (non-hydrogen) atoms. The molecule has 10 heteroatoms. The van der Waals surface area contributed by atoms with Crippen LogP contribution in [-0.4, -0.2) is 64.5 Å². The second-order valence-electron chi connectivity index (χ2n) is 9.47. The van der Waals surface area contributed by atoms with E-state index in [0.717, 1.165) is 18.8 Å². The van der Waals surface area contributed by atoms with Gasteiger partial charge in [0, 0.05) is 57.7 Å². The SMILES string of the molecule is Cc1cn2cc(NC(=O)c3ccc(N4C[C@H](C)N[C@@H](C)C4)c4ncc(N(C)C)nc34)cc(F)c2n1. The van der Waals surface area contributed by atoms with Gasteiger partial charge in [0.2, 0.25) is 0 Å². The van der Waals surface area contributed by atoms with Crippen LogP contribution in [0.2, 0.25) is 0 Å². The Hall–Kier alpha value is -3.79. The van der Waals surface area contributed by atoms with Crippen LogP contribution in [-0.2, 0) is 0 Å². The molecule has 1 saturated heterocycles. The minimum atomic E-state index is -0.507. The average Bonchev–Trinajstić information content (AvgIpc) is 3.18. The second-order valence-corrected chi connectivity index (χ2v) is 9.47. The van der Waals surface area contributed by atoms with Crippen molar-refractivity contribution in [2.75, 3.05) is 42.3 Å². The van der Waals surface area contributed by atoms with E-state index in [2.05, 4.69) is 34.4 Å². The van der Waals surface area contributed by atoms with Crippen molar-refractivity contribution in [3.05, 3.63) is 53.9 Å². The van der Waals surface area contributed by atoms with E-state index in [1.54, 1.807) is 36.0 Å². The number of hydrogen-bond donors (Lipinski definition) is 2. The van der Waals surface area contributed by atoms with E-state index in [0.29, 0.717) is 45.9 Å². The van der Waals surface area contributed by atoms with E-state index in [9.17, 15) is 9.18 Å². The summed E-state index contributed by atoms with van der Waals surface area (Å²) in [5.41, 5.74) is 3.72. The third-order valence-corrected chi connectivity index (χ3v) is 6.15. The first-order valence-corrected chi connectivity index (χ1v) is 11.6. The van der Waals surface area contributed by atoms with Crippen LogP contribution in [0.5, 0.6) is 0 Å². The number of anilines is 3. The van der Waals surface area contributed by atoms with Crippen molar-refractivity contribution in [1.29, 1.82) is 0 Å². The van der Waals surface area contributed by atoms with Gasteiger partial charge in [-0.2, -0.15) is 0 Å². The van der Waals surface area contributed by atoms with Gasteiger partial charge in [0.1, 0.15) is 16.9 Å². The lowest BCUT2D eigenvalue weighted by Gasteiger charge is -2.38. The van der Waals surface area contributed by atoms with E-state index < -0.39 is 5.82 Å². The number of hydrogen-bond acceptors (Lipinski definition) is 7.